The van der Waals surface area contributed by atoms with Crippen molar-refractivity contribution in [1.82, 2.24) is 0 Å². The van der Waals surface area contributed by atoms with Crippen LogP contribution >= 0.6 is 35.4 Å². The molecule has 0 fully saturated rings. The van der Waals surface area contributed by atoms with E-state index in [0.717, 1.165) is 5.56 Å². The second kappa shape index (κ2) is 5.78. The second-order valence-corrected chi connectivity index (χ2v) is 5.30. The van der Waals surface area contributed by atoms with E-state index in [-0.39, 0.29) is 4.99 Å². The molecule has 0 atom stereocenters. The lowest BCUT2D eigenvalue weighted by molar-refractivity contribution is 0.479. The standard InChI is InChI=1S/C14H11Cl2NOS/c1-8-2-3-9(15)6-13(8)18-10-4-5-11(14(17)19)12(16)7-10/h2-7H,1H3,(H2,17,19). The van der Waals surface area contributed by atoms with Crippen LogP contribution in [0, 0.1) is 6.92 Å². The first-order chi connectivity index (χ1) is 8.97. The van der Waals surface area contributed by atoms with Gasteiger partial charge in [0, 0.05) is 16.7 Å². The molecular weight excluding hydrogens is 301 g/mol. The lowest BCUT2D eigenvalue weighted by atomic mass is 10.2. The molecule has 19 heavy (non-hydrogen) atoms. The highest BCUT2D eigenvalue weighted by molar-refractivity contribution is 7.80. The molecule has 2 aromatic carbocycles. The lowest BCUT2D eigenvalue weighted by Gasteiger charge is -2.10. The van der Waals surface area contributed by atoms with Crippen molar-refractivity contribution in [2.24, 2.45) is 5.73 Å². The zero-order valence-electron chi connectivity index (χ0n) is 10.1. The van der Waals surface area contributed by atoms with E-state index in [9.17, 15) is 0 Å². The molecule has 0 heterocycles. The van der Waals surface area contributed by atoms with E-state index in [1.165, 1.54) is 0 Å². The molecule has 0 amide bonds. The van der Waals surface area contributed by atoms with Crippen LogP contribution in [0.3, 0.4) is 0 Å². The highest BCUT2D eigenvalue weighted by atomic mass is 35.5. The number of nitrogens with two attached hydrogens (primary N) is 1. The summed E-state index contributed by atoms with van der Waals surface area (Å²) in [5, 5.41) is 1.08. The van der Waals surface area contributed by atoms with E-state index in [0.29, 0.717) is 27.1 Å². The molecule has 2 N–H and O–H groups in total. The SMILES string of the molecule is Cc1ccc(Cl)cc1Oc1ccc(C(N)=S)c(Cl)c1. The summed E-state index contributed by atoms with van der Waals surface area (Å²) < 4.78 is 5.75. The molecule has 0 aromatic heterocycles. The van der Waals surface area contributed by atoms with Gasteiger partial charge in [0.05, 0.1) is 5.02 Å². The van der Waals surface area contributed by atoms with Gasteiger partial charge in [-0.2, -0.15) is 0 Å². The van der Waals surface area contributed by atoms with Crippen LogP contribution in [-0.2, 0) is 0 Å². The van der Waals surface area contributed by atoms with E-state index < -0.39 is 0 Å². The van der Waals surface area contributed by atoms with Gasteiger partial charge in [-0.25, -0.2) is 0 Å². The Morgan fingerprint density at radius 3 is 2.53 bits per heavy atom. The van der Waals surface area contributed by atoms with Crippen LogP contribution in [0.4, 0.5) is 0 Å². The van der Waals surface area contributed by atoms with Gasteiger partial charge < -0.3 is 10.5 Å². The number of rotatable bonds is 3. The molecule has 2 aromatic rings. The highest BCUT2D eigenvalue weighted by Gasteiger charge is 2.07. The van der Waals surface area contributed by atoms with Gasteiger partial charge in [0.2, 0.25) is 0 Å². The maximum atomic E-state index is 6.09. The predicted molar refractivity (Wildman–Crippen MR) is 83.6 cm³/mol. The minimum absolute atomic E-state index is 0.260. The van der Waals surface area contributed by atoms with Crippen LogP contribution in [-0.4, -0.2) is 4.99 Å². The van der Waals surface area contributed by atoms with E-state index in [4.69, 9.17) is 45.9 Å². The summed E-state index contributed by atoms with van der Waals surface area (Å²) >= 11 is 16.9. The van der Waals surface area contributed by atoms with Crippen molar-refractivity contribution in [1.29, 1.82) is 0 Å². The molecule has 0 saturated carbocycles. The zero-order chi connectivity index (χ0) is 14.0. The Morgan fingerprint density at radius 2 is 1.89 bits per heavy atom. The summed E-state index contributed by atoms with van der Waals surface area (Å²) in [5.74, 6) is 1.29. The first kappa shape index (κ1) is 14.1. The molecule has 0 saturated heterocycles. The van der Waals surface area contributed by atoms with Gasteiger partial charge >= 0.3 is 0 Å². The topological polar surface area (TPSA) is 35.2 Å². The van der Waals surface area contributed by atoms with Gasteiger partial charge in [0.25, 0.3) is 0 Å². The van der Waals surface area contributed by atoms with Crippen molar-refractivity contribution < 1.29 is 4.74 Å². The first-order valence-corrected chi connectivity index (χ1v) is 6.67. The average Bonchev–Trinajstić information content (AvgIpc) is 2.33. The van der Waals surface area contributed by atoms with Crippen molar-refractivity contribution >= 4 is 40.4 Å². The predicted octanol–water partition coefficient (Wildman–Crippen LogP) is 4.73. The van der Waals surface area contributed by atoms with Gasteiger partial charge in [0.15, 0.2) is 0 Å². The van der Waals surface area contributed by atoms with Crippen molar-refractivity contribution in [2.75, 3.05) is 0 Å². The van der Waals surface area contributed by atoms with Gasteiger partial charge in [-0.15, -0.1) is 0 Å². The molecule has 0 spiro atoms. The number of halogens is 2. The molecular formula is C14H11Cl2NOS. The maximum absolute atomic E-state index is 6.09. The number of ether oxygens (including phenoxy) is 1. The fraction of sp³-hybridized carbons (Fsp3) is 0.0714. The Balaban J connectivity index is 2.31. The van der Waals surface area contributed by atoms with Gasteiger partial charge in [-0.05, 0) is 36.8 Å². The Morgan fingerprint density at radius 1 is 1.16 bits per heavy atom. The Hall–Kier alpha value is -1.29. The van der Waals surface area contributed by atoms with Crippen LogP contribution in [0.15, 0.2) is 36.4 Å². The monoisotopic (exact) mass is 311 g/mol. The summed E-state index contributed by atoms with van der Waals surface area (Å²) in [7, 11) is 0. The third-order valence-corrected chi connectivity index (χ3v) is 3.35. The molecule has 0 bridgehead atoms. The Kier molecular flexibility index (Phi) is 4.30. The molecule has 0 radical (unpaired) electrons. The van der Waals surface area contributed by atoms with Gasteiger partial charge in [-0.1, -0.05) is 41.5 Å². The smallest absolute Gasteiger partial charge is 0.131 e. The normalized spacial score (nSPS) is 10.3. The second-order valence-electron chi connectivity index (χ2n) is 4.02. The van der Waals surface area contributed by atoms with Crippen LogP contribution in [0.2, 0.25) is 10.0 Å². The minimum Gasteiger partial charge on any atom is -0.457 e. The number of hydrogen-bond acceptors (Lipinski definition) is 2. The van der Waals surface area contributed by atoms with Crippen LogP contribution in [0.5, 0.6) is 11.5 Å². The third kappa shape index (κ3) is 3.38. The fourth-order valence-corrected chi connectivity index (χ4v) is 2.24. The molecule has 98 valence electrons. The van der Waals surface area contributed by atoms with Crippen LogP contribution < -0.4 is 10.5 Å². The summed E-state index contributed by atoms with van der Waals surface area (Å²) in [5.41, 5.74) is 7.17. The van der Waals surface area contributed by atoms with Crippen molar-refractivity contribution in [3.8, 4) is 11.5 Å². The Bertz CT molecular complexity index is 643. The first-order valence-electron chi connectivity index (χ1n) is 5.51. The summed E-state index contributed by atoms with van der Waals surface area (Å²) in [6.07, 6.45) is 0. The average molecular weight is 312 g/mol. The Labute approximate surface area is 127 Å². The molecule has 2 nitrogen and oxygen atoms in total. The molecule has 0 aliphatic rings. The fourth-order valence-electron chi connectivity index (χ4n) is 1.57. The van der Waals surface area contributed by atoms with Crippen molar-refractivity contribution in [2.45, 2.75) is 6.92 Å². The summed E-state index contributed by atoms with van der Waals surface area (Å²) in [4.78, 5) is 0.260. The summed E-state index contributed by atoms with van der Waals surface area (Å²) in [6, 6.07) is 10.6. The van der Waals surface area contributed by atoms with Gasteiger partial charge in [0.1, 0.15) is 16.5 Å². The molecule has 5 heteroatoms. The van der Waals surface area contributed by atoms with E-state index in [1.54, 1.807) is 24.3 Å². The number of hydrogen-bond donors (Lipinski definition) is 1. The third-order valence-electron chi connectivity index (χ3n) is 2.58. The van der Waals surface area contributed by atoms with Crippen molar-refractivity contribution in [3.63, 3.8) is 0 Å². The van der Waals surface area contributed by atoms with E-state index >= 15 is 0 Å². The zero-order valence-corrected chi connectivity index (χ0v) is 12.4. The van der Waals surface area contributed by atoms with Crippen LogP contribution in [0.1, 0.15) is 11.1 Å². The minimum atomic E-state index is 0.260. The lowest BCUT2D eigenvalue weighted by Crippen LogP contribution is -2.09. The van der Waals surface area contributed by atoms with E-state index in [1.807, 2.05) is 19.1 Å². The number of aryl methyl sites for hydroxylation is 1. The molecule has 0 unspecified atom stereocenters. The molecule has 0 aliphatic carbocycles. The highest BCUT2D eigenvalue weighted by Crippen LogP contribution is 2.30. The maximum Gasteiger partial charge on any atom is 0.131 e. The van der Waals surface area contributed by atoms with Crippen LogP contribution in [0.25, 0.3) is 0 Å². The largest absolute Gasteiger partial charge is 0.457 e. The number of benzene rings is 2. The number of thiocarbonyl (C=S) groups is 1. The van der Waals surface area contributed by atoms with E-state index in [2.05, 4.69) is 0 Å². The van der Waals surface area contributed by atoms with Gasteiger partial charge in [-0.3, -0.25) is 0 Å². The molecule has 0 aliphatic heterocycles. The quantitative estimate of drug-likeness (QED) is 0.832. The molecule has 2 rings (SSSR count). The van der Waals surface area contributed by atoms with Crippen molar-refractivity contribution in [3.05, 3.63) is 57.6 Å². The summed E-state index contributed by atoms with van der Waals surface area (Å²) in [6.45, 7) is 1.94.